The van der Waals surface area contributed by atoms with Crippen LogP contribution in [-0.4, -0.2) is 68.8 Å². The van der Waals surface area contributed by atoms with Crippen LogP contribution in [0.25, 0.3) is 54.8 Å². The van der Waals surface area contributed by atoms with Crippen LogP contribution in [0.4, 0.5) is 14.4 Å². The Bertz CT molecular complexity index is 2520. The lowest BCUT2D eigenvalue weighted by Crippen LogP contribution is -2.45. The van der Waals surface area contributed by atoms with Crippen molar-refractivity contribution in [2.45, 2.75) is 6.04 Å². The Morgan fingerprint density at radius 3 is 2.23 bits per heavy atom. The van der Waals surface area contributed by atoms with Crippen molar-refractivity contribution >= 4 is 88.8 Å². The monoisotopic (exact) mass is 784 g/mol. The number of nitrogens with one attached hydrogen (secondary N) is 2. The minimum absolute atomic E-state index is 0.0231. The van der Waals surface area contributed by atoms with Gasteiger partial charge >= 0.3 is 0 Å². The SMILES string of the molecule is COc1cc(-c2cc3nsc(N4CCNCC4)c3cc2Cl)c2ccc(C3CNCCN3c3snc4cc(-c5c(F)cccc5OC)c(Cl)cc34)cc2c1. The summed E-state index contributed by atoms with van der Waals surface area (Å²) < 4.78 is 36.1. The molecule has 2 aliphatic rings. The second-order valence-electron chi connectivity index (χ2n) is 13.3. The molecule has 0 saturated carbocycles. The van der Waals surface area contributed by atoms with E-state index in [1.165, 1.54) is 41.2 Å². The molecule has 0 spiro atoms. The minimum Gasteiger partial charge on any atom is -0.497 e. The third-order valence-corrected chi connectivity index (χ3v) is 12.8. The van der Waals surface area contributed by atoms with Crippen molar-refractivity contribution in [3.63, 3.8) is 0 Å². The molecule has 2 fully saturated rings. The number of halogens is 3. The van der Waals surface area contributed by atoms with E-state index in [2.05, 4.69) is 62.9 Å². The highest BCUT2D eigenvalue weighted by Gasteiger charge is 2.29. The van der Waals surface area contributed by atoms with Gasteiger partial charge in [0.15, 0.2) is 0 Å². The summed E-state index contributed by atoms with van der Waals surface area (Å²) in [5, 5.41) is 14.5. The zero-order chi connectivity index (χ0) is 36.2. The maximum absolute atomic E-state index is 15.1. The molecule has 270 valence electrons. The van der Waals surface area contributed by atoms with Gasteiger partial charge in [-0.1, -0.05) is 41.4 Å². The van der Waals surface area contributed by atoms with E-state index < -0.39 is 5.82 Å². The number of methoxy groups -OCH3 is 2. The van der Waals surface area contributed by atoms with Crippen LogP contribution in [0.2, 0.25) is 10.0 Å². The lowest BCUT2D eigenvalue weighted by molar-refractivity contribution is 0.413. The Kier molecular flexibility index (Phi) is 9.25. The van der Waals surface area contributed by atoms with Gasteiger partial charge in [-0.15, -0.1) is 0 Å². The summed E-state index contributed by atoms with van der Waals surface area (Å²) in [6, 6.07) is 23.5. The minimum atomic E-state index is -0.398. The Morgan fingerprint density at radius 1 is 0.736 bits per heavy atom. The number of ether oxygens (including phenoxy) is 2. The van der Waals surface area contributed by atoms with Gasteiger partial charge < -0.3 is 29.9 Å². The lowest BCUT2D eigenvalue weighted by Gasteiger charge is -2.37. The number of nitrogens with zero attached hydrogens (tertiary/aromatic N) is 4. The summed E-state index contributed by atoms with van der Waals surface area (Å²) in [5.74, 6) is 0.778. The standard InChI is InChI=1S/C40H35Cl2FN6O2S2/c1-50-24-15-23-14-22(6-7-25(23)26(16-24)27-19-34-29(17-31(27)41)39(52-46-34)48-11-8-44-9-12-48)36-21-45-10-13-49(36)40-30-18-32(42)28(20-35(30)47-53-40)38-33(43)4-3-5-37(38)51-2/h3-7,14-20,36,44-45H,8-13,21H2,1-2H3. The van der Waals surface area contributed by atoms with Gasteiger partial charge in [-0.25, -0.2) is 4.39 Å². The number of hydrogen-bond acceptors (Lipinski definition) is 10. The number of fused-ring (bicyclic) bond motifs is 3. The largest absolute Gasteiger partial charge is 0.497 e. The summed E-state index contributed by atoms with van der Waals surface area (Å²) in [6.07, 6.45) is 0. The number of piperazine rings is 2. The first-order chi connectivity index (χ1) is 25.9. The van der Waals surface area contributed by atoms with Crippen LogP contribution >= 0.6 is 46.3 Å². The van der Waals surface area contributed by atoms with Crippen LogP contribution in [0.1, 0.15) is 11.6 Å². The molecule has 0 aliphatic carbocycles. The summed E-state index contributed by atoms with van der Waals surface area (Å²) in [7, 11) is 3.22. The first kappa shape index (κ1) is 34.5. The topological polar surface area (TPSA) is 74.8 Å². The van der Waals surface area contributed by atoms with Gasteiger partial charge in [-0.2, -0.15) is 8.75 Å². The van der Waals surface area contributed by atoms with Crippen LogP contribution in [-0.2, 0) is 0 Å². The first-order valence-corrected chi connectivity index (χ1v) is 19.8. The molecule has 7 aromatic rings. The third-order valence-electron chi connectivity index (χ3n) is 10.3. The van der Waals surface area contributed by atoms with Gasteiger partial charge in [-0.05, 0) is 99.6 Å². The van der Waals surface area contributed by atoms with Crippen molar-refractivity contribution in [3.05, 3.63) is 94.2 Å². The van der Waals surface area contributed by atoms with E-state index in [0.29, 0.717) is 26.9 Å². The van der Waals surface area contributed by atoms with Crippen molar-refractivity contribution in [1.29, 1.82) is 0 Å². The fourth-order valence-electron chi connectivity index (χ4n) is 7.69. The van der Waals surface area contributed by atoms with Crippen molar-refractivity contribution in [3.8, 4) is 33.8 Å². The Labute approximate surface area is 324 Å². The van der Waals surface area contributed by atoms with Gasteiger partial charge in [0, 0.05) is 77.8 Å². The fourth-order valence-corrected chi connectivity index (χ4v) is 10.0. The van der Waals surface area contributed by atoms with E-state index in [9.17, 15) is 0 Å². The Balaban J connectivity index is 1.09. The van der Waals surface area contributed by atoms with E-state index in [4.69, 9.17) is 41.4 Å². The summed E-state index contributed by atoms with van der Waals surface area (Å²) >= 11 is 17.0. The van der Waals surface area contributed by atoms with Gasteiger partial charge in [0.25, 0.3) is 0 Å². The first-order valence-electron chi connectivity index (χ1n) is 17.5. The van der Waals surface area contributed by atoms with Crippen molar-refractivity contribution in [2.75, 3.05) is 69.8 Å². The molecule has 9 rings (SSSR count). The highest BCUT2D eigenvalue weighted by molar-refractivity contribution is 7.12. The zero-order valence-electron chi connectivity index (χ0n) is 29.0. The normalized spacial score (nSPS) is 16.6. The number of aromatic nitrogens is 2. The second-order valence-corrected chi connectivity index (χ2v) is 15.6. The van der Waals surface area contributed by atoms with Crippen LogP contribution in [0.3, 0.4) is 0 Å². The predicted octanol–water partition coefficient (Wildman–Crippen LogP) is 9.42. The van der Waals surface area contributed by atoms with Gasteiger partial charge in [-0.3, -0.25) is 0 Å². The lowest BCUT2D eigenvalue weighted by atomic mass is 9.93. The van der Waals surface area contributed by atoms with Crippen molar-refractivity contribution < 1.29 is 13.9 Å². The van der Waals surface area contributed by atoms with E-state index in [-0.39, 0.29) is 6.04 Å². The average molecular weight is 786 g/mol. The van der Waals surface area contributed by atoms with E-state index in [1.54, 1.807) is 19.2 Å². The third kappa shape index (κ3) is 6.13. The highest BCUT2D eigenvalue weighted by atomic mass is 35.5. The van der Waals surface area contributed by atoms with Crippen LogP contribution in [0, 0.1) is 5.82 Å². The van der Waals surface area contributed by atoms with Crippen LogP contribution in [0.5, 0.6) is 11.5 Å². The quantitative estimate of drug-likeness (QED) is 0.166. The van der Waals surface area contributed by atoms with E-state index >= 15 is 4.39 Å². The molecule has 0 amide bonds. The Morgan fingerprint density at radius 2 is 1.45 bits per heavy atom. The summed E-state index contributed by atoms with van der Waals surface area (Å²) in [5.41, 5.74) is 5.66. The van der Waals surface area contributed by atoms with E-state index in [0.717, 1.165) is 106 Å². The number of hydrogen-bond donors (Lipinski definition) is 2. The summed E-state index contributed by atoms with van der Waals surface area (Å²) in [6.45, 7) is 6.18. The van der Waals surface area contributed by atoms with Crippen LogP contribution < -0.4 is 29.9 Å². The zero-order valence-corrected chi connectivity index (χ0v) is 32.2. The molecule has 53 heavy (non-hydrogen) atoms. The number of rotatable bonds is 7. The maximum atomic E-state index is 15.1. The predicted molar refractivity (Wildman–Crippen MR) is 219 cm³/mol. The van der Waals surface area contributed by atoms with Gasteiger partial charge in [0.1, 0.15) is 27.3 Å². The molecule has 2 saturated heterocycles. The Hall–Kier alpha value is -4.23. The van der Waals surface area contributed by atoms with E-state index in [1.807, 2.05) is 12.1 Å². The molecule has 5 aromatic carbocycles. The van der Waals surface area contributed by atoms with Crippen molar-refractivity contribution in [1.82, 2.24) is 19.4 Å². The van der Waals surface area contributed by atoms with Gasteiger partial charge in [0.2, 0.25) is 0 Å². The molecule has 2 N–H and O–H groups in total. The molecular formula is C40H35Cl2FN6O2S2. The molecule has 2 aromatic heterocycles. The number of anilines is 2. The molecule has 0 radical (unpaired) electrons. The maximum Gasteiger partial charge on any atom is 0.134 e. The van der Waals surface area contributed by atoms with Gasteiger partial charge in [0.05, 0.1) is 36.9 Å². The van der Waals surface area contributed by atoms with Crippen LogP contribution in [0.15, 0.2) is 72.8 Å². The molecule has 8 nitrogen and oxygen atoms in total. The highest BCUT2D eigenvalue weighted by Crippen LogP contribution is 2.45. The number of benzene rings is 5. The molecule has 13 heteroatoms. The summed E-state index contributed by atoms with van der Waals surface area (Å²) in [4.78, 5) is 4.80. The molecule has 2 aliphatic heterocycles. The second kappa shape index (κ2) is 14.2. The molecule has 1 atom stereocenters. The fraction of sp³-hybridized carbons (Fsp3) is 0.250. The van der Waals surface area contributed by atoms with Crippen molar-refractivity contribution in [2.24, 2.45) is 0 Å². The average Bonchev–Trinajstić information content (AvgIpc) is 3.80. The molecule has 0 bridgehead atoms. The molecule has 4 heterocycles. The smallest absolute Gasteiger partial charge is 0.134 e. The molecular weight excluding hydrogens is 751 g/mol. The molecule has 1 unspecified atom stereocenters.